The lowest BCUT2D eigenvalue weighted by Gasteiger charge is -2.48. The Labute approximate surface area is 629 Å². The molecule has 0 saturated carbocycles. The molecule has 604 valence electrons. The molecule has 0 radical (unpaired) electrons. The Kier molecular flexibility index (Phi) is 59.3. The summed E-state index contributed by atoms with van der Waals surface area (Å²) in [6.07, 6.45) is 59.6. The average Bonchev–Trinajstić information content (AvgIpc) is 0.783. The number of hydrogen-bond donors (Lipinski definition) is 12. The first kappa shape index (κ1) is 95.2. The number of hydrogen-bond acceptors (Lipinski definition) is 18. The summed E-state index contributed by atoms with van der Waals surface area (Å²) < 4.78 is 34.5. The number of ether oxygens (including phenoxy) is 6. The van der Waals surface area contributed by atoms with Gasteiger partial charge in [-0.2, -0.15) is 0 Å². The van der Waals surface area contributed by atoms with Crippen LogP contribution in [0.15, 0.2) is 85.1 Å². The monoisotopic (exact) mass is 1470 g/mol. The highest BCUT2D eigenvalue weighted by Crippen LogP contribution is 2.33. The van der Waals surface area contributed by atoms with Crippen molar-refractivity contribution in [3.8, 4) is 0 Å². The predicted molar refractivity (Wildman–Crippen MR) is 415 cm³/mol. The molecular weight excluding hydrogens is 1320 g/mol. The molecule has 17 unspecified atom stereocenters. The van der Waals surface area contributed by atoms with E-state index in [-0.39, 0.29) is 18.9 Å². The molecular formula is C85H151NO18. The molecule has 104 heavy (non-hydrogen) atoms. The SMILES string of the molecule is CC/C=C\C/C=C\C/C=C\C/C=C\C/C=C\C/C=C\C/C=C\CCCCCCCC(=O)NC(COC1OC(CO)C(OC2OC(CO)C(OC3OC(CO)C(O)C(O)C3O)C(O)C2O)C(O)C1O)C(O)CCCCCCCCCCCCCCCCCCCCCCCCCCCCCCCCCC. The van der Waals surface area contributed by atoms with Crippen LogP contribution in [0.3, 0.4) is 0 Å². The number of allylic oxidation sites excluding steroid dienone is 14. The van der Waals surface area contributed by atoms with Gasteiger partial charge in [-0.25, -0.2) is 0 Å². The van der Waals surface area contributed by atoms with Gasteiger partial charge in [-0.15, -0.1) is 0 Å². The van der Waals surface area contributed by atoms with Crippen LogP contribution >= 0.6 is 0 Å². The zero-order valence-electron chi connectivity index (χ0n) is 64.7. The van der Waals surface area contributed by atoms with Crippen molar-refractivity contribution in [2.45, 2.75) is 420 Å². The Morgan fingerprint density at radius 2 is 0.663 bits per heavy atom. The van der Waals surface area contributed by atoms with Crippen molar-refractivity contribution in [2.24, 2.45) is 0 Å². The van der Waals surface area contributed by atoms with Gasteiger partial charge in [0.1, 0.15) is 73.2 Å². The second-order valence-corrected chi connectivity index (χ2v) is 29.6. The number of carbonyl (C=O) groups excluding carboxylic acids is 1. The molecule has 0 aromatic rings. The van der Waals surface area contributed by atoms with E-state index in [2.05, 4.69) is 104 Å². The third-order valence-electron chi connectivity index (χ3n) is 20.5. The predicted octanol–water partition coefficient (Wildman–Crippen LogP) is 14.6. The molecule has 0 aliphatic carbocycles. The molecule has 0 spiro atoms. The molecule has 0 aromatic heterocycles. The second kappa shape index (κ2) is 64.8. The van der Waals surface area contributed by atoms with E-state index in [1.807, 2.05) is 0 Å². The second-order valence-electron chi connectivity index (χ2n) is 29.6. The molecule has 12 N–H and O–H groups in total. The lowest BCUT2D eigenvalue weighted by atomic mass is 9.96. The molecule has 3 aliphatic rings. The van der Waals surface area contributed by atoms with Gasteiger partial charge in [0.15, 0.2) is 18.9 Å². The molecule has 3 rings (SSSR count). The van der Waals surface area contributed by atoms with Gasteiger partial charge in [0.2, 0.25) is 5.91 Å². The third-order valence-corrected chi connectivity index (χ3v) is 20.5. The lowest BCUT2D eigenvalue weighted by molar-refractivity contribution is -0.379. The Morgan fingerprint density at radius 1 is 0.356 bits per heavy atom. The van der Waals surface area contributed by atoms with Gasteiger partial charge >= 0.3 is 0 Å². The van der Waals surface area contributed by atoms with Crippen molar-refractivity contribution in [3.63, 3.8) is 0 Å². The van der Waals surface area contributed by atoms with E-state index in [1.54, 1.807) is 0 Å². The van der Waals surface area contributed by atoms with E-state index in [0.717, 1.165) is 103 Å². The first-order valence-electron chi connectivity index (χ1n) is 41.8. The fourth-order valence-corrected chi connectivity index (χ4v) is 13.8. The molecule has 19 nitrogen and oxygen atoms in total. The summed E-state index contributed by atoms with van der Waals surface area (Å²) >= 11 is 0. The van der Waals surface area contributed by atoms with Gasteiger partial charge in [0.25, 0.3) is 0 Å². The van der Waals surface area contributed by atoms with Gasteiger partial charge in [-0.3, -0.25) is 4.79 Å². The largest absolute Gasteiger partial charge is 0.394 e. The molecule has 17 atom stereocenters. The Bertz CT molecular complexity index is 2210. The summed E-state index contributed by atoms with van der Waals surface area (Å²) in [5.41, 5.74) is 0. The van der Waals surface area contributed by atoms with Crippen LogP contribution in [0.4, 0.5) is 0 Å². The molecule has 1 amide bonds. The molecule has 3 fully saturated rings. The minimum atomic E-state index is -1.98. The molecule has 0 bridgehead atoms. The van der Waals surface area contributed by atoms with Crippen molar-refractivity contribution >= 4 is 5.91 Å². The van der Waals surface area contributed by atoms with Gasteiger partial charge in [-0.1, -0.05) is 324 Å². The van der Waals surface area contributed by atoms with Crippen LogP contribution in [0.1, 0.15) is 316 Å². The first-order chi connectivity index (χ1) is 50.8. The van der Waals surface area contributed by atoms with Crippen molar-refractivity contribution in [2.75, 3.05) is 26.4 Å². The van der Waals surface area contributed by atoms with Crippen molar-refractivity contribution in [3.05, 3.63) is 85.1 Å². The molecule has 0 aromatic carbocycles. The van der Waals surface area contributed by atoms with E-state index in [4.69, 9.17) is 28.4 Å². The van der Waals surface area contributed by atoms with Crippen LogP contribution in [0.2, 0.25) is 0 Å². The fraction of sp³-hybridized carbons (Fsp3) is 0.824. The molecule has 3 aliphatic heterocycles. The average molecular weight is 1480 g/mol. The highest BCUT2D eigenvalue weighted by atomic mass is 16.8. The quantitative estimate of drug-likeness (QED) is 0.0199. The van der Waals surface area contributed by atoms with Crippen LogP contribution in [-0.2, 0) is 33.2 Å². The standard InChI is InChI=1S/C85H151NO18/c1-3-5-7-9-11-13-15-17-19-21-23-25-27-29-31-32-33-34-35-37-38-40-42-44-46-48-50-52-54-56-58-60-62-69(90)68(86-73(91)63-61-59-57-55-53-51-49-47-45-43-41-39-36-30-28-26-24-22-20-18-16-14-12-10-8-6-4-2)67-99-83-79(97)76(94)81(71(65-88)101-83)104-85-80(98)77(95)82(72(66-89)102-85)103-84-78(96)75(93)74(92)70(64-87)100-84/h6,8,12,14,18,20,24,26,30,36,41,43,47,49,68-72,74-85,87-90,92-98H,3-5,7,9-11,13,15-17,19,21-23,25,27-29,31-35,37-40,42,44-46,48,50-67H2,1-2H3,(H,86,91)/b8-6-,14-12-,20-18-,26-24-,36-30-,43-41-,49-47-. The molecule has 3 saturated heterocycles. The zero-order valence-corrected chi connectivity index (χ0v) is 64.7. The Balaban J connectivity index is 1.37. The highest BCUT2D eigenvalue weighted by Gasteiger charge is 2.54. The topological polar surface area (TPSA) is 307 Å². The Morgan fingerprint density at radius 3 is 1.04 bits per heavy atom. The van der Waals surface area contributed by atoms with E-state index < -0.39 is 124 Å². The van der Waals surface area contributed by atoms with Crippen molar-refractivity contribution in [1.29, 1.82) is 0 Å². The van der Waals surface area contributed by atoms with Crippen LogP contribution in [-0.4, -0.2) is 193 Å². The molecule has 19 heteroatoms. The van der Waals surface area contributed by atoms with E-state index >= 15 is 0 Å². The normalized spacial score (nSPS) is 26.3. The minimum Gasteiger partial charge on any atom is -0.394 e. The molecule has 3 heterocycles. The maximum Gasteiger partial charge on any atom is 0.220 e. The number of aliphatic hydroxyl groups excluding tert-OH is 11. The van der Waals surface area contributed by atoms with Crippen LogP contribution in [0.5, 0.6) is 0 Å². The maximum atomic E-state index is 13.5. The van der Waals surface area contributed by atoms with Gasteiger partial charge in [-0.05, 0) is 70.6 Å². The number of carbonyl (C=O) groups is 1. The van der Waals surface area contributed by atoms with Crippen LogP contribution in [0, 0.1) is 0 Å². The maximum absolute atomic E-state index is 13.5. The van der Waals surface area contributed by atoms with Gasteiger partial charge in [0, 0.05) is 6.42 Å². The van der Waals surface area contributed by atoms with E-state index in [9.17, 15) is 61.0 Å². The summed E-state index contributed by atoms with van der Waals surface area (Å²) in [6, 6.07) is -0.907. The van der Waals surface area contributed by atoms with Gasteiger partial charge < -0.3 is 89.9 Å². The number of unbranched alkanes of at least 4 members (excludes halogenated alkanes) is 36. The highest BCUT2D eigenvalue weighted by molar-refractivity contribution is 5.76. The number of rotatable bonds is 66. The number of nitrogens with one attached hydrogen (secondary N) is 1. The van der Waals surface area contributed by atoms with Crippen LogP contribution in [0.25, 0.3) is 0 Å². The summed E-state index contributed by atoms with van der Waals surface area (Å²) in [7, 11) is 0. The minimum absolute atomic E-state index is 0.239. The van der Waals surface area contributed by atoms with Crippen LogP contribution < -0.4 is 5.32 Å². The number of amides is 1. The van der Waals surface area contributed by atoms with Gasteiger partial charge in [0.05, 0.1) is 38.6 Å². The fourth-order valence-electron chi connectivity index (χ4n) is 13.8. The van der Waals surface area contributed by atoms with E-state index in [1.165, 1.54) is 180 Å². The zero-order chi connectivity index (χ0) is 75.3. The first-order valence-corrected chi connectivity index (χ1v) is 41.8. The van der Waals surface area contributed by atoms with Crippen molar-refractivity contribution < 1.29 is 89.4 Å². The lowest BCUT2D eigenvalue weighted by Crippen LogP contribution is -2.66. The third kappa shape index (κ3) is 44.0. The smallest absolute Gasteiger partial charge is 0.220 e. The summed E-state index contributed by atoms with van der Waals surface area (Å²) in [5, 5.41) is 121. The van der Waals surface area contributed by atoms with E-state index in [0.29, 0.717) is 12.8 Å². The summed E-state index contributed by atoms with van der Waals surface area (Å²) in [6.45, 7) is 1.70. The Hall–Kier alpha value is -3.03. The van der Waals surface area contributed by atoms with Crippen molar-refractivity contribution in [1.82, 2.24) is 5.32 Å². The summed E-state index contributed by atoms with van der Waals surface area (Å²) in [4.78, 5) is 13.5. The number of aliphatic hydroxyl groups is 11. The summed E-state index contributed by atoms with van der Waals surface area (Å²) in [5.74, 6) is -0.261.